The van der Waals surface area contributed by atoms with Crippen LogP contribution in [0.3, 0.4) is 0 Å². The number of halogens is 1. The molecule has 1 heterocycles. The van der Waals surface area contributed by atoms with Crippen LogP contribution in [0.1, 0.15) is 30.9 Å². The van der Waals surface area contributed by atoms with Crippen LogP contribution in [0.25, 0.3) is 0 Å². The Hall–Kier alpha value is -2.16. The summed E-state index contributed by atoms with van der Waals surface area (Å²) in [4.78, 5) is 16.3. The first-order valence-electron chi connectivity index (χ1n) is 9.56. The fourth-order valence-electron chi connectivity index (χ4n) is 3.08. The molecule has 7 nitrogen and oxygen atoms in total. The first-order chi connectivity index (χ1) is 13.3. The van der Waals surface area contributed by atoms with Crippen molar-refractivity contribution in [3.8, 4) is 0 Å². The molecule has 1 amide bonds. The van der Waals surface area contributed by atoms with Crippen molar-refractivity contribution in [1.82, 2.24) is 16.0 Å². The minimum absolute atomic E-state index is 0.0228. The number of guanidine groups is 1. The number of hydrogen-bond donors (Lipinski definition) is 3. The fraction of sp³-hybridized carbons (Fsp3) is 0.579. The molecule has 1 saturated heterocycles. The van der Waals surface area contributed by atoms with Crippen molar-refractivity contribution in [3.05, 3.63) is 35.1 Å². The molecule has 1 aromatic carbocycles. The zero-order valence-corrected chi connectivity index (χ0v) is 17.2. The maximum Gasteiger partial charge on any atom is 0.222 e. The number of amides is 1. The summed E-state index contributed by atoms with van der Waals surface area (Å²) < 4.78 is 36.0. The molecule has 3 N–H and O–H groups in total. The second-order valence-electron chi connectivity index (χ2n) is 6.93. The lowest BCUT2D eigenvalue weighted by Gasteiger charge is -2.13. The molecule has 1 aliphatic heterocycles. The van der Waals surface area contributed by atoms with E-state index in [4.69, 9.17) is 0 Å². The van der Waals surface area contributed by atoms with Crippen molar-refractivity contribution < 1.29 is 17.6 Å². The van der Waals surface area contributed by atoms with Crippen LogP contribution in [-0.4, -0.2) is 57.5 Å². The third-order valence-corrected chi connectivity index (χ3v) is 6.31. The second kappa shape index (κ2) is 10.4. The van der Waals surface area contributed by atoms with Crippen molar-refractivity contribution in [3.63, 3.8) is 0 Å². The van der Waals surface area contributed by atoms with Gasteiger partial charge in [-0.2, -0.15) is 0 Å². The Kier molecular flexibility index (Phi) is 8.22. The van der Waals surface area contributed by atoms with Gasteiger partial charge >= 0.3 is 0 Å². The van der Waals surface area contributed by atoms with E-state index in [-0.39, 0.29) is 35.7 Å². The predicted molar refractivity (Wildman–Crippen MR) is 109 cm³/mol. The molecule has 0 aliphatic carbocycles. The smallest absolute Gasteiger partial charge is 0.222 e. The van der Waals surface area contributed by atoms with Crippen LogP contribution in [0.2, 0.25) is 0 Å². The zero-order chi connectivity index (χ0) is 20.6. The maximum absolute atomic E-state index is 13.2. The largest absolute Gasteiger partial charge is 0.357 e. The number of sulfone groups is 1. The Morgan fingerprint density at radius 3 is 2.75 bits per heavy atom. The van der Waals surface area contributed by atoms with Crippen molar-refractivity contribution >= 4 is 21.7 Å². The van der Waals surface area contributed by atoms with Crippen LogP contribution in [-0.2, 0) is 21.1 Å². The Morgan fingerprint density at radius 1 is 1.32 bits per heavy atom. The van der Waals surface area contributed by atoms with Gasteiger partial charge in [-0.05, 0) is 49.9 Å². The summed E-state index contributed by atoms with van der Waals surface area (Å²) in [5.74, 6) is 0.340. The molecule has 2 rings (SSSR count). The molecule has 28 heavy (non-hydrogen) atoms. The normalized spacial score (nSPS) is 18.7. The summed E-state index contributed by atoms with van der Waals surface area (Å²) in [7, 11) is -3.00. The number of rotatable bonds is 8. The molecule has 0 radical (unpaired) electrons. The third kappa shape index (κ3) is 7.46. The first-order valence-corrected chi connectivity index (χ1v) is 11.4. The highest BCUT2D eigenvalue weighted by atomic mass is 32.2. The van der Waals surface area contributed by atoms with Gasteiger partial charge in [0.05, 0.1) is 18.1 Å². The summed E-state index contributed by atoms with van der Waals surface area (Å²) >= 11 is 0. The molecule has 1 fully saturated rings. The van der Waals surface area contributed by atoms with Crippen molar-refractivity contribution in [2.24, 2.45) is 4.99 Å². The molecule has 9 heteroatoms. The molecular formula is C19H29FN4O3S. The Labute approximate surface area is 166 Å². The van der Waals surface area contributed by atoms with Gasteiger partial charge in [-0.15, -0.1) is 0 Å². The number of hydrogen-bond acceptors (Lipinski definition) is 4. The summed E-state index contributed by atoms with van der Waals surface area (Å²) in [5.41, 5.74) is 1.98. The average molecular weight is 413 g/mol. The van der Waals surface area contributed by atoms with Gasteiger partial charge in [-0.1, -0.05) is 6.07 Å². The zero-order valence-electron chi connectivity index (χ0n) is 16.4. The standard InChI is InChI=1S/C19H29FN4O3S/c1-3-21-19(22-9-6-15-4-5-16(20)12-14(15)2)23-10-7-18(25)24-17-8-11-28(26,27)13-17/h4-5,12,17H,3,6-11,13H2,1-2H3,(H,24,25)(H2,21,22,23). The summed E-state index contributed by atoms with van der Waals surface area (Å²) in [6.07, 6.45) is 1.40. The number of benzene rings is 1. The Balaban J connectivity index is 1.75. The van der Waals surface area contributed by atoms with Crippen LogP contribution in [0.4, 0.5) is 4.39 Å². The molecular weight excluding hydrogens is 383 g/mol. The van der Waals surface area contributed by atoms with Gasteiger partial charge in [-0.25, -0.2) is 12.8 Å². The lowest BCUT2D eigenvalue weighted by molar-refractivity contribution is -0.121. The highest BCUT2D eigenvalue weighted by molar-refractivity contribution is 7.91. The number of carbonyl (C=O) groups excluding carboxylic acids is 1. The number of nitrogens with one attached hydrogen (secondary N) is 3. The van der Waals surface area contributed by atoms with Crippen LogP contribution in [0.5, 0.6) is 0 Å². The second-order valence-corrected chi connectivity index (χ2v) is 9.15. The monoisotopic (exact) mass is 412 g/mol. The van der Waals surface area contributed by atoms with Crippen LogP contribution in [0.15, 0.2) is 23.2 Å². The SMILES string of the molecule is CCNC(=NCCC(=O)NC1CCS(=O)(=O)C1)NCCc1ccc(F)cc1C. The van der Waals surface area contributed by atoms with E-state index >= 15 is 0 Å². The third-order valence-electron chi connectivity index (χ3n) is 4.54. The van der Waals surface area contributed by atoms with Crippen LogP contribution < -0.4 is 16.0 Å². The molecule has 0 spiro atoms. The lowest BCUT2D eigenvalue weighted by Crippen LogP contribution is -2.39. The molecule has 0 saturated carbocycles. The van der Waals surface area contributed by atoms with Gasteiger partial charge in [0.25, 0.3) is 0 Å². The average Bonchev–Trinajstić information content (AvgIpc) is 2.95. The molecule has 156 valence electrons. The van der Waals surface area contributed by atoms with Crippen molar-refractivity contribution in [2.45, 2.75) is 39.2 Å². The molecule has 0 bridgehead atoms. The van der Waals surface area contributed by atoms with Crippen molar-refractivity contribution in [2.75, 3.05) is 31.1 Å². The Bertz CT molecular complexity index is 811. The maximum atomic E-state index is 13.2. The number of nitrogens with zero attached hydrogens (tertiary/aromatic N) is 1. The fourth-order valence-corrected chi connectivity index (χ4v) is 4.75. The highest BCUT2D eigenvalue weighted by Crippen LogP contribution is 2.11. The van der Waals surface area contributed by atoms with E-state index in [0.29, 0.717) is 32.0 Å². The quantitative estimate of drug-likeness (QED) is 0.436. The van der Waals surface area contributed by atoms with E-state index in [1.807, 2.05) is 13.8 Å². The lowest BCUT2D eigenvalue weighted by atomic mass is 10.1. The predicted octanol–water partition coefficient (Wildman–Crippen LogP) is 0.925. The number of aliphatic imine (C=N–C) groups is 1. The van der Waals surface area contributed by atoms with Gasteiger partial charge < -0.3 is 16.0 Å². The van der Waals surface area contributed by atoms with Gasteiger partial charge in [0.1, 0.15) is 5.82 Å². The van der Waals surface area contributed by atoms with E-state index in [1.165, 1.54) is 12.1 Å². The molecule has 1 aliphatic rings. The first kappa shape index (κ1) is 22.1. The van der Waals surface area contributed by atoms with Crippen LogP contribution in [0, 0.1) is 12.7 Å². The van der Waals surface area contributed by atoms with E-state index in [2.05, 4.69) is 20.9 Å². The summed E-state index contributed by atoms with van der Waals surface area (Å²) in [6, 6.07) is 4.47. The van der Waals surface area contributed by atoms with Gasteiger partial charge in [0.2, 0.25) is 5.91 Å². The van der Waals surface area contributed by atoms with E-state index in [0.717, 1.165) is 17.5 Å². The van der Waals surface area contributed by atoms with Gasteiger partial charge in [0, 0.05) is 25.6 Å². The Morgan fingerprint density at radius 2 is 2.11 bits per heavy atom. The number of carbonyl (C=O) groups is 1. The van der Waals surface area contributed by atoms with Crippen molar-refractivity contribution in [1.29, 1.82) is 0 Å². The highest BCUT2D eigenvalue weighted by Gasteiger charge is 2.28. The van der Waals surface area contributed by atoms with E-state index < -0.39 is 9.84 Å². The van der Waals surface area contributed by atoms with E-state index in [9.17, 15) is 17.6 Å². The summed E-state index contributed by atoms with van der Waals surface area (Å²) in [6.45, 7) is 5.45. The number of aryl methyl sites for hydroxylation is 1. The molecule has 1 aromatic rings. The minimum atomic E-state index is -3.00. The van der Waals surface area contributed by atoms with Gasteiger partial charge in [-0.3, -0.25) is 9.79 Å². The summed E-state index contributed by atoms with van der Waals surface area (Å²) in [5, 5.41) is 9.08. The van der Waals surface area contributed by atoms with Crippen LogP contribution >= 0.6 is 0 Å². The topological polar surface area (TPSA) is 99.7 Å². The minimum Gasteiger partial charge on any atom is -0.357 e. The molecule has 0 aromatic heterocycles. The van der Waals surface area contributed by atoms with Gasteiger partial charge in [0.15, 0.2) is 15.8 Å². The van der Waals surface area contributed by atoms with E-state index in [1.54, 1.807) is 6.07 Å². The molecule has 1 unspecified atom stereocenters. The molecule has 1 atom stereocenters.